The van der Waals surface area contributed by atoms with Gasteiger partial charge < -0.3 is 9.88 Å². The second kappa shape index (κ2) is 10.7. The number of nitrogens with one attached hydrogen (secondary N) is 1. The lowest BCUT2D eigenvalue weighted by molar-refractivity contribution is -0.123. The number of imide groups is 1. The van der Waals surface area contributed by atoms with Crippen molar-refractivity contribution in [1.82, 2.24) is 14.8 Å². The van der Waals surface area contributed by atoms with Crippen molar-refractivity contribution in [3.8, 4) is 0 Å². The van der Waals surface area contributed by atoms with Gasteiger partial charge in [-0.3, -0.25) is 19.3 Å². The number of hydrogen-bond donors (Lipinski definition) is 1. The zero-order chi connectivity index (χ0) is 25.1. The molecule has 1 aliphatic heterocycles. The van der Waals surface area contributed by atoms with Crippen molar-refractivity contribution < 1.29 is 14.4 Å². The Bertz CT molecular complexity index is 1320. The summed E-state index contributed by atoms with van der Waals surface area (Å²) < 4.78 is 1.99. The molecule has 0 bridgehead atoms. The van der Waals surface area contributed by atoms with Gasteiger partial charge in [0.2, 0.25) is 5.91 Å². The minimum Gasteiger partial charge on any atom is -0.352 e. The predicted octanol–water partition coefficient (Wildman–Crippen LogP) is 5.54. The van der Waals surface area contributed by atoms with Crippen molar-refractivity contribution in [3.05, 3.63) is 76.3 Å². The number of thioether (sulfide) groups is 1. The van der Waals surface area contributed by atoms with Crippen LogP contribution in [-0.2, 0) is 29.0 Å². The molecule has 0 atom stereocenters. The topological polar surface area (TPSA) is 71.4 Å². The zero-order valence-electron chi connectivity index (χ0n) is 20.5. The van der Waals surface area contributed by atoms with Crippen molar-refractivity contribution in [2.75, 3.05) is 6.54 Å². The highest BCUT2D eigenvalue weighted by Gasteiger charge is 2.35. The minimum atomic E-state index is -0.257. The number of benzene rings is 2. The van der Waals surface area contributed by atoms with Gasteiger partial charge in [-0.15, -0.1) is 0 Å². The molecule has 2 aromatic carbocycles. The number of amides is 3. The summed E-state index contributed by atoms with van der Waals surface area (Å²) >= 11 is 0.985. The smallest absolute Gasteiger partial charge is 0.293 e. The number of aromatic nitrogens is 1. The quantitative estimate of drug-likeness (QED) is 0.411. The van der Waals surface area contributed by atoms with Gasteiger partial charge in [0.15, 0.2) is 0 Å². The summed E-state index contributed by atoms with van der Waals surface area (Å²) in [5, 5.41) is 3.92. The molecule has 7 heteroatoms. The molecule has 186 valence electrons. The molecule has 1 aromatic heterocycles. The van der Waals surface area contributed by atoms with E-state index in [4.69, 9.17) is 0 Å². The largest absolute Gasteiger partial charge is 0.352 e. The number of hydrogen-bond acceptors (Lipinski definition) is 4. The van der Waals surface area contributed by atoms with Crippen molar-refractivity contribution in [2.24, 2.45) is 0 Å². The molecule has 0 unspecified atom stereocenters. The second-order valence-corrected chi connectivity index (χ2v) is 10.5. The molecule has 2 heterocycles. The Balaban J connectivity index is 1.40. The van der Waals surface area contributed by atoms with E-state index in [1.54, 1.807) is 6.08 Å². The number of carbonyl (C=O) groups excluding carboxylic acids is 3. The van der Waals surface area contributed by atoms with E-state index >= 15 is 0 Å². The maximum Gasteiger partial charge on any atom is 0.293 e. The average molecular weight is 502 g/mol. The van der Waals surface area contributed by atoms with Gasteiger partial charge in [-0.2, -0.15) is 0 Å². The van der Waals surface area contributed by atoms with E-state index in [-0.39, 0.29) is 29.6 Å². The summed E-state index contributed by atoms with van der Waals surface area (Å²) in [6.07, 6.45) is 9.64. The first-order valence-electron chi connectivity index (χ1n) is 12.7. The highest BCUT2D eigenvalue weighted by atomic mass is 32.2. The SMILES string of the molecule is CCc1cccc2c(/C=C3\SC(=O)N(CCc4ccccc4)C3=O)cn(CC(=O)NC3CCCC3)c12. The van der Waals surface area contributed by atoms with Crippen LogP contribution in [-0.4, -0.2) is 39.1 Å². The Hall–Kier alpha value is -3.32. The van der Waals surface area contributed by atoms with E-state index in [2.05, 4.69) is 18.3 Å². The number of para-hydroxylation sites is 1. The minimum absolute atomic E-state index is 0.0116. The molecule has 2 fully saturated rings. The third-order valence-corrected chi connectivity index (χ3v) is 7.96. The maximum absolute atomic E-state index is 13.1. The zero-order valence-corrected chi connectivity index (χ0v) is 21.4. The second-order valence-electron chi connectivity index (χ2n) is 9.50. The summed E-state index contributed by atoms with van der Waals surface area (Å²) in [5.41, 5.74) is 4.10. The maximum atomic E-state index is 13.1. The van der Waals surface area contributed by atoms with E-state index < -0.39 is 0 Å². The number of carbonyl (C=O) groups is 3. The lowest BCUT2D eigenvalue weighted by Gasteiger charge is -2.13. The Labute approximate surface area is 215 Å². The molecule has 5 rings (SSSR count). The molecular weight excluding hydrogens is 470 g/mol. The van der Waals surface area contributed by atoms with Crippen LogP contribution in [0.15, 0.2) is 59.6 Å². The van der Waals surface area contributed by atoms with Crippen LogP contribution in [0.5, 0.6) is 0 Å². The van der Waals surface area contributed by atoms with E-state index in [9.17, 15) is 14.4 Å². The number of nitrogens with zero attached hydrogens (tertiary/aromatic N) is 2. The highest BCUT2D eigenvalue weighted by Crippen LogP contribution is 2.35. The van der Waals surface area contributed by atoms with Crippen molar-refractivity contribution in [2.45, 2.75) is 58.0 Å². The summed E-state index contributed by atoms with van der Waals surface area (Å²) in [6, 6.07) is 16.2. The molecule has 36 heavy (non-hydrogen) atoms. The number of rotatable bonds is 8. The molecule has 6 nitrogen and oxygen atoms in total. The lowest BCUT2D eigenvalue weighted by atomic mass is 10.1. The first kappa shape index (κ1) is 24.4. The van der Waals surface area contributed by atoms with Crippen LogP contribution in [0, 0.1) is 0 Å². The van der Waals surface area contributed by atoms with E-state index in [0.29, 0.717) is 17.9 Å². The molecule has 3 amide bonds. The third-order valence-electron chi connectivity index (χ3n) is 7.05. The van der Waals surface area contributed by atoms with Gasteiger partial charge in [0.25, 0.3) is 11.1 Å². The fourth-order valence-electron chi connectivity index (χ4n) is 5.21. The molecule has 0 radical (unpaired) electrons. The van der Waals surface area contributed by atoms with Crippen molar-refractivity contribution in [3.63, 3.8) is 0 Å². The van der Waals surface area contributed by atoms with Gasteiger partial charge in [-0.25, -0.2) is 0 Å². The van der Waals surface area contributed by atoms with Crippen LogP contribution in [0.1, 0.15) is 49.3 Å². The molecule has 1 saturated carbocycles. The molecular formula is C29H31N3O3S. The molecule has 0 spiro atoms. The van der Waals surface area contributed by atoms with Gasteiger partial charge in [-0.1, -0.05) is 68.3 Å². The predicted molar refractivity (Wildman–Crippen MR) is 145 cm³/mol. The van der Waals surface area contributed by atoms with Crippen molar-refractivity contribution >= 4 is 45.8 Å². The normalized spacial score (nSPS) is 17.6. The van der Waals surface area contributed by atoms with Gasteiger partial charge in [-0.05, 0) is 54.6 Å². The van der Waals surface area contributed by atoms with E-state index in [1.807, 2.05) is 53.2 Å². The standard InChI is InChI=1S/C29H31N3O3S/c1-2-21-11-8-14-24-22(18-31(27(21)24)19-26(33)30-23-12-6-7-13-23)17-25-28(34)32(29(35)36-25)16-15-20-9-4-3-5-10-20/h3-5,8-11,14,17-18,23H,2,6-7,12-13,15-16,19H2,1H3,(H,30,33)/b25-17-. The summed E-state index contributed by atoms with van der Waals surface area (Å²) in [5.74, 6) is -0.245. The summed E-state index contributed by atoms with van der Waals surface area (Å²) in [6.45, 7) is 2.69. The van der Waals surface area contributed by atoms with Crippen molar-refractivity contribution in [1.29, 1.82) is 0 Å². The summed E-state index contributed by atoms with van der Waals surface area (Å²) in [7, 11) is 0. The Kier molecular flexibility index (Phi) is 7.28. The molecule has 1 saturated heterocycles. The van der Waals surface area contributed by atoms with E-state index in [1.165, 1.54) is 17.7 Å². The first-order chi connectivity index (χ1) is 17.5. The van der Waals surface area contributed by atoms with Gasteiger partial charge in [0, 0.05) is 29.7 Å². The van der Waals surface area contributed by atoms with Crippen LogP contribution >= 0.6 is 11.8 Å². The highest BCUT2D eigenvalue weighted by molar-refractivity contribution is 8.18. The Morgan fingerprint density at radius 2 is 1.86 bits per heavy atom. The molecule has 3 aromatic rings. The first-order valence-corrected chi connectivity index (χ1v) is 13.5. The van der Waals surface area contributed by atoms with Crippen LogP contribution < -0.4 is 5.32 Å². The monoisotopic (exact) mass is 501 g/mol. The van der Waals surface area contributed by atoms with Gasteiger partial charge in [0.05, 0.1) is 10.4 Å². The van der Waals surface area contributed by atoms with Crippen LogP contribution in [0.3, 0.4) is 0 Å². The fourth-order valence-corrected chi connectivity index (χ4v) is 6.06. The number of fused-ring (bicyclic) bond motifs is 1. The van der Waals surface area contributed by atoms with Crippen LogP contribution in [0.4, 0.5) is 4.79 Å². The average Bonchev–Trinajstić information content (AvgIpc) is 3.58. The van der Waals surface area contributed by atoms with Crippen LogP contribution in [0.25, 0.3) is 17.0 Å². The van der Waals surface area contributed by atoms with Gasteiger partial charge in [0.1, 0.15) is 6.54 Å². The molecule has 1 N–H and O–H groups in total. The summed E-state index contributed by atoms with van der Waals surface area (Å²) in [4.78, 5) is 40.4. The lowest BCUT2D eigenvalue weighted by Crippen LogP contribution is -2.35. The Morgan fingerprint density at radius 1 is 1.08 bits per heavy atom. The molecule has 1 aliphatic carbocycles. The van der Waals surface area contributed by atoms with Gasteiger partial charge >= 0.3 is 0 Å². The fraction of sp³-hybridized carbons (Fsp3) is 0.345. The molecule has 2 aliphatic rings. The third kappa shape index (κ3) is 5.12. The van der Waals surface area contributed by atoms with E-state index in [0.717, 1.165) is 58.6 Å². The van der Waals surface area contributed by atoms with Crippen LogP contribution in [0.2, 0.25) is 0 Å². The number of aryl methyl sites for hydroxylation is 1. The Morgan fingerprint density at radius 3 is 2.61 bits per heavy atom.